The van der Waals surface area contributed by atoms with Crippen LogP contribution in [-0.2, 0) is 0 Å². The van der Waals surface area contributed by atoms with Gasteiger partial charge in [-0.2, -0.15) is 5.10 Å². The van der Waals surface area contributed by atoms with Crippen molar-refractivity contribution in [3.63, 3.8) is 0 Å². The van der Waals surface area contributed by atoms with Crippen molar-refractivity contribution < 1.29 is 0 Å². The largest absolute Gasteiger partial charge is 0.382 e. The van der Waals surface area contributed by atoms with Gasteiger partial charge in [0.2, 0.25) is 5.56 Å². The number of anilines is 1. The van der Waals surface area contributed by atoms with Crippen LogP contribution in [0.4, 0.5) is 5.82 Å². The Hall–Kier alpha value is -2.34. The summed E-state index contributed by atoms with van der Waals surface area (Å²) in [6.07, 6.45) is 1.63. The number of nitrogens with one attached hydrogen (secondary N) is 2. The van der Waals surface area contributed by atoms with Gasteiger partial charge in [-0.15, -0.1) is 0 Å². The van der Waals surface area contributed by atoms with E-state index in [1.807, 2.05) is 24.3 Å². The van der Waals surface area contributed by atoms with Crippen LogP contribution in [0.3, 0.4) is 0 Å². The van der Waals surface area contributed by atoms with E-state index in [2.05, 4.69) is 31.1 Å². The normalized spacial score (nSPS) is 10.7. The lowest BCUT2D eigenvalue weighted by Crippen LogP contribution is -2.01. The number of halogens is 1. The molecule has 3 rings (SSSR count). The molecule has 0 radical (unpaired) electrons. The molecule has 2 heterocycles. The summed E-state index contributed by atoms with van der Waals surface area (Å²) >= 11 is 3.52. The Labute approximate surface area is 123 Å². The maximum Gasteiger partial charge on any atom is 0.247 e. The van der Waals surface area contributed by atoms with Gasteiger partial charge in [0, 0.05) is 27.9 Å². The molecule has 5 nitrogen and oxygen atoms in total. The van der Waals surface area contributed by atoms with Crippen molar-refractivity contribution in [2.24, 2.45) is 0 Å². The summed E-state index contributed by atoms with van der Waals surface area (Å²) < 4.78 is 0.929. The van der Waals surface area contributed by atoms with Gasteiger partial charge in [-0.3, -0.25) is 9.89 Å². The first-order valence-corrected chi connectivity index (χ1v) is 6.74. The number of nitrogens with zero attached hydrogens (tertiary/aromatic N) is 1. The van der Waals surface area contributed by atoms with Crippen molar-refractivity contribution in [1.82, 2.24) is 15.2 Å². The highest BCUT2D eigenvalue weighted by Gasteiger charge is 2.16. The van der Waals surface area contributed by atoms with Crippen molar-refractivity contribution >= 4 is 21.7 Å². The molecule has 0 atom stereocenters. The second kappa shape index (κ2) is 4.97. The fourth-order valence-corrected chi connectivity index (χ4v) is 2.55. The van der Waals surface area contributed by atoms with Crippen molar-refractivity contribution in [2.75, 3.05) is 5.73 Å². The number of pyridine rings is 1. The standard InChI is InChI=1S/C14H11BrN4O/c15-10-4-2-1-3-9(10)12-13(18-19-14(12)16)8-5-6-11(20)17-7-8/h1-7H,(H,17,20)(H3,16,18,19). The summed E-state index contributed by atoms with van der Waals surface area (Å²) in [6, 6.07) is 11.0. The third-order valence-electron chi connectivity index (χ3n) is 3.01. The van der Waals surface area contributed by atoms with Gasteiger partial charge in [-0.1, -0.05) is 34.1 Å². The molecule has 4 N–H and O–H groups in total. The molecule has 0 saturated carbocycles. The Bertz CT molecular complexity index is 802. The molecule has 20 heavy (non-hydrogen) atoms. The molecule has 0 bridgehead atoms. The lowest BCUT2D eigenvalue weighted by molar-refractivity contribution is 1.10. The molecule has 0 unspecified atom stereocenters. The minimum atomic E-state index is -0.149. The second-order valence-electron chi connectivity index (χ2n) is 4.28. The Morgan fingerprint density at radius 2 is 1.95 bits per heavy atom. The van der Waals surface area contributed by atoms with Crippen LogP contribution in [0.1, 0.15) is 0 Å². The Balaban J connectivity index is 2.23. The summed E-state index contributed by atoms with van der Waals surface area (Å²) in [4.78, 5) is 13.8. The second-order valence-corrected chi connectivity index (χ2v) is 5.13. The van der Waals surface area contributed by atoms with Crippen LogP contribution in [0.25, 0.3) is 22.4 Å². The molecule has 100 valence electrons. The molecule has 0 amide bonds. The van der Waals surface area contributed by atoms with E-state index in [4.69, 9.17) is 5.73 Å². The maximum atomic E-state index is 11.2. The number of benzene rings is 1. The van der Waals surface area contributed by atoms with E-state index in [-0.39, 0.29) is 5.56 Å². The molecule has 0 spiro atoms. The minimum absolute atomic E-state index is 0.149. The zero-order chi connectivity index (χ0) is 14.1. The third-order valence-corrected chi connectivity index (χ3v) is 3.70. The van der Waals surface area contributed by atoms with Crippen LogP contribution >= 0.6 is 15.9 Å². The zero-order valence-electron chi connectivity index (χ0n) is 10.4. The van der Waals surface area contributed by atoms with Crippen LogP contribution in [-0.4, -0.2) is 15.2 Å². The first-order valence-electron chi connectivity index (χ1n) is 5.94. The fourth-order valence-electron chi connectivity index (χ4n) is 2.07. The minimum Gasteiger partial charge on any atom is -0.382 e. The molecule has 3 aromatic rings. The Kier molecular flexibility index (Phi) is 3.15. The number of nitrogen functional groups attached to an aromatic ring is 1. The molecule has 0 saturated heterocycles. The van der Waals surface area contributed by atoms with E-state index in [0.717, 1.165) is 26.9 Å². The quantitative estimate of drug-likeness (QED) is 0.675. The van der Waals surface area contributed by atoms with Gasteiger partial charge in [0.1, 0.15) is 0 Å². The van der Waals surface area contributed by atoms with E-state index in [1.165, 1.54) is 6.07 Å². The van der Waals surface area contributed by atoms with Gasteiger partial charge in [-0.25, -0.2) is 0 Å². The first-order chi connectivity index (χ1) is 9.66. The average molecular weight is 331 g/mol. The van der Waals surface area contributed by atoms with E-state index in [9.17, 15) is 4.79 Å². The van der Waals surface area contributed by atoms with Gasteiger partial charge in [0.15, 0.2) is 5.82 Å². The van der Waals surface area contributed by atoms with Crippen molar-refractivity contribution in [1.29, 1.82) is 0 Å². The van der Waals surface area contributed by atoms with E-state index < -0.39 is 0 Å². The smallest absolute Gasteiger partial charge is 0.247 e. The zero-order valence-corrected chi connectivity index (χ0v) is 11.9. The molecule has 0 fully saturated rings. The molecule has 2 aromatic heterocycles. The fraction of sp³-hybridized carbons (Fsp3) is 0. The molecular formula is C14H11BrN4O. The molecule has 1 aromatic carbocycles. The first kappa shape index (κ1) is 12.7. The van der Waals surface area contributed by atoms with Gasteiger partial charge in [-0.05, 0) is 12.1 Å². The molecular weight excluding hydrogens is 320 g/mol. The van der Waals surface area contributed by atoms with Gasteiger partial charge >= 0.3 is 0 Å². The van der Waals surface area contributed by atoms with Crippen LogP contribution in [0.15, 0.2) is 51.9 Å². The number of hydrogen-bond donors (Lipinski definition) is 3. The van der Waals surface area contributed by atoms with E-state index >= 15 is 0 Å². The van der Waals surface area contributed by atoms with E-state index in [1.54, 1.807) is 12.3 Å². The van der Waals surface area contributed by atoms with E-state index in [0.29, 0.717) is 5.82 Å². The highest BCUT2D eigenvalue weighted by molar-refractivity contribution is 9.10. The number of H-pyrrole nitrogens is 2. The molecule has 0 aliphatic rings. The highest BCUT2D eigenvalue weighted by Crippen LogP contribution is 2.37. The lowest BCUT2D eigenvalue weighted by atomic mass is 10.0. The van der Waals surface area contributed by atoms with Gasteiger partial charge in [0.05, 0.1) is 11.3 Å². The lowest BCUT2D eigenvalue weighted by Gasteiger charge is -2.06. The van der Waals surface area contributed by atoms with Crippen LogP contribution in [0.5, 0.6) is 0 Å². The predicted molar refractivity (Wildman–Crippen MR) is 82.2 cm³/mol. The number of aromatic nitrogens is 3. The third kappa shape index (κ3) is 2.14. The van der Waals surface area contributed by atoms with Crippen molar-refractivity contribution in [2.45, 2.75) is 0 Å². The molecule has 0 aliphatic heterocycles. The number of nitrogens with two attached hydrogens (primary N) is 1. The van der Waals surface area contributed by atoms with Crippen molar-refractivity contribution in [3.05, 3.63) is 57.4 Å². The van der Waals surface area contributed by atoms with Crippen LogP contribution in [0, 0.1) is 0 Å². The highest BCUT2D eigenvalue weighted by atomic mass is 79.9. The van der Waals surface area contributed by atoms with Crippen LogP contribution < -0.4 is 11.3 Å². The SMILES string of the molecule is Nc1n[nH]c(-c2ccc(=O)[nH]c2)c1-c1ccccc1Br. The summed E-state index contributed by atoms with van der Waals surface area (Å²) in [5, 5.41) is 6.99. The molecule has 6 heteroatoms. The average Bonchev–Trinajstić information content (AvgIpc) is 2.82. The summed E-state index contributed by atoms with van der Waals surface area (Å²) in [5.74, 6) is 0.415. The Morgan fingerprint density at radius 1 is 1.15 bits per heavy atom. The summed E-state index contributed by atoms with van der Waals surface area (Å²) in [5.41, 5.74) is 9.17. The monoisotopic (exact) mass is 330 g/mol. The van der Waals surface area contributed by atoms with Crippen LogP contribution in [0.2, 0.25) is 0 Å². The van der Waals surface area contributed by atoms with Crippen molar-refractivity contribution in [3.8, 4) is 22.4 Å². The Morgan fingerprint density at radius 3 is 2.65 bits per heavy atom. The maximum absolute atomic E-state index is 11.2. The number of hydrogen-bond acceptors (Lipinski definition) is 3. The summed E-state index contributed by atoms with van der Waals surface area (Å²) in [7, 11) is 0. The topological polar surface area (TPSA) is 87.6 Å². The van der Waals surface area contributed by atoms with Gasteiger partial charge in [0.25, 0.3) is 0 Å². The summed E-state index contributed by atoms with van der Waals surface area (Å²) in [6.45, 7) is 0. The number of rotatable bonds is 2. The molecule has 0 aliphatic carbocycles. The predicted octanol–water partition coefficient (Wildman–Crippen LogP) is 2.78. The van der Waals surface area contributed by atoms with Gasteiger partial charge < -0.3 is 10.7 Å². The number of aromatic amines is 2.